The van der Waals surface area contributed by atoms with Crippen molar-refractivity contribution in [2.45, 2.75) is 51.5 Å². The summed E-state index contributed by atoms with van der Waals surface area (Å²) in [5, 5.41) is 2.94. The largest absolute Gasteiger partial charge is 0.324 e. The van der Waals surface area contributed by atoms with E-state index in [0.717, 1.165) is 29.5 Å². The summed E-state index contributed by atoms with van der Waals surface area (Å²) < 4.78 is 13.6. The lowest BCUT2D eigenvalue weighted by molar-refractivity contribution is -0.137. The Kier molecular flexibility index (Phi) is 5.65. The fourth-order valence-electron chi connectivity index (χ4n) is 4.62. The molecule has 0 spiro atoms. The van der Waals surface area contributed by atoms with Crippen LogP contribution in [0.2, 0.25) is 0 Å². The van der Waals surface area contributed by atoms with Gasteiger partial charge in [0.05, 0.1) is 6.04 Å². The van der Waals surface area contributed by atoms with Gasteiger partial charge >= 0.3 is 0 Å². The molecule has 1 atom stereocenters. The van der Waals surface area contributed by atoms with E-state index in [-0.39, 0.29) is 24.2 Å². The first kappa shape index (κ1) is 19.6. The van der Waals surface area contributed by atoms with Crippen LogP contribution in [0.3, 0.4) is 0 Å². The fourth-order valence-corrected chi connectivity index (χ4v) is 4.62. The monoisotopic (exact) mass is 394 g/mol. The summed E-state index contributed by atoms with van der Waals surface area (Å²) in [5.41, 5.74) is 3.45. The van der Waals surface area contributed by atoms with Gasteiger partial charge < -0.3 is 10.2 Å². The summed E-state index contributed by atoms with van der Waals surface area (Å²) in [5.74, 6) is -0.137. The molecular formula is C24H27FN2O2. The van der Waals surface area contributed by atoms with E-state index in [1.807, 2.05) is 25.1 Å². The van der Waals surface area contributed by atoms with Gasteiger partial charge in [-0.1, -0.05) is 49.1 Å². The number of aryl methyl sites for hydroxylation is 1. The van der Waals surface area contributed by atoms with Crippen LogP contribution in [0, 0.1) is 18.7 Å². The normalized spacial score (nSPS) is 20.0. The summed E-state index contributed by atoms with van der Waals surface area (Å²) in [4.78, 5) is 27.7. The Balaban J connectivity index is 1.74. The molecule has 2 aromatic rings. The van der Waals surface area contributed by atoms with E-state index < -0.39 is 6.04 Å². The lowest BCUT2D eigenvalue weighted by atomic mass is 9.86. The number of hydrogen-bond donors (Lipinski definition) is 1. The first-order chi connectivity index (χ1) is 14.0. The van der Waals surface area contributed by atoms with E-state index in [4.69, 9.17) is 0 Å². The molecule has 1 aliphatic heterocycles. The Morgan fingerprint density at radius 2 is 1.83 bits per heavy atom. The predicted molar refractivity (Wildman–Crippen MR) is 111 cm³/mol. The number of halogens is 1. The van der Waals surface area contributed by atoms with E-state index in [1.54, 1.807) is 17.0 Å². The van der Waals surface area contributed by atoms with Crippen LogP contribution in [-0.4, -0.2) is 23.3 Å². The summed E-state index contributed by atoms with van der Waals surface area (Å²) in [6.07, 6.45) is 6.18. The van der Waals surface area contributed by atoms with Crippen molar-refractivity contribution < 1.29 is 14.0 Å². The Bertz CT molecular complexity index is 904. The predicted octanol–water partition coefficient (Wildman–Crippen LogP) is 4.97. The number of nitrogens with one attached hydrogen (secondary N) is 1. The standard InChI is InChI=1S/C24H27FN2O2/c1-16-7-12-21-20(13-16)24(18-8-10-19(25)11-9-18)27(15-22(28)26-21)23(29)14-17-5-3-2-4-6-17/h7-13,17,24H,2-6,14-15H2,1H3,(H,26,28). The van der Waals surface area contributed by atoms with Crippen LogP contribution in [0.25, 0.3) is 0 Å². The van der Waals surface area contributed by atoms with E-state index in [1.165, 1.54) is 31.4 Å². The first-order valence-electron chi connectivity index (χ1n) is 10.5. The second-order valence-corrected chi connectivity index (χ2v) is 8.32. The molecule has 1 heterocycles. The summed E-state index contributed by atoms with van der Waals surface area (Å²) in [6.45, 7) is 1.99. The number of carbonyl (C=O) groups is 2. The van der Waals surface area contributed by atoms with E-state index in [2.05, 4.69) is 5.32 Å². The molecule has 1 fully saturated rings. The van der Waals surface area contributed by atoms with Crippen molar-refractivity contribution in [3.8, 4) is 0 Å². The van der Waals surface area contributed by atoms with Gasteiger partial charge in [0.1, 0.15) is 12.4 Å². The minimum atomic E-state index is -0.416. The highest BCUT2D eigenvalue weighted by Crippen LogP contribution is 2.37. The Morgan fingerprint density at radius 3 is 2.55 bits per heavy atom. The summed E-state index contributed by atoms with van der Waals surface area (Å²) in [6, 6.07) is 11.7. The molecule has 2 aromatic carbocycles. The van der Waals surface area contributed by atoms with Crippen LogP contribution in [-0.2, 0) is 9.59 Å². The number of fused-ring (bicyclic) bond motifs is 1. The number of amides is 2. The molecular weight excluding hydrogens is 367 g/mol. The summed E-state index contributed by atoms with van der Waals surface area (Å²) >= 11 is 0. The molecule has 2 amide bonds. The van der Waals surface area contributed by atoms with Gasteiger partial charge in [0, 0.05) is 17.7 Å². The van der Waals surface area contributed by atoms with Crippen molar-refractivity contribution in [2.24, 2.45) is 5.92 Å². The van der Waals surface area contributed by atoms with Gasteiger partial charge in [0.25, 0.3) is 0 Å². The maximum absolute atomic E-state index is 13.6. The molecule has 4 rings (SSSR count). The molecule has 0 aromatic heterocycles. The van der Waals surface area contributed by atoms with Gasteiger partial charge in [-0.2, -0.15) is 0 Å². The molecule has 2 aliphatic rings. The third kappa shape index (κ3) is 4.34. The van der Waals surface area contributed by atoms with Gasteiger partial charge in [-0.25, -0.2) is 4.39 Å². The Labute approximate surface area is 171 Å². The molecule has 1 unspecified atom stereocenters. The molecule has 1 saturated carbocycles. The zero-order chi connectivity index (χ0) is 20.4. The van der Waals surface area contributed by atoms with Crippen molar-refractivity contribution >= 4 is 17.5 Å². The minimum absolute atomic E-state index is 0.00131. The highest BCUT2D eigenvalue weighted by Gasteiger charge is 2.34. The van der Waals surface area contributed by atoms with Crippen LogP contribution in [0.1, 0.15) is 61.3 Å². The molecule has 1 N–H and O–H groups in total. The lowest BCUT2D eigenvalue weighted by Crippen LogP contribution is -2.39. The van der Waals surface area contributed by atoms with Crippen LogP contribution in [0.15, 0.2) is 42.5 Å². The molecule has 29 heavy (non-hydrogen) atoms. The van der Waals surface area contributed by atoms with Gasteiger partial charge in [-0.3, -0.25) is 9.59 Å². The van der Waals surface area contributed by atoms with Gasteiger partial charge in [0.15, 0.2) is 0 Å². The zero-order valence-corrected chi connectivity index (χ0v) is 16.8. The fraction of sp³-hybridized carbons (Fsp3) is 0.417. The average molecular weight is 394 g/mol. The molecule has 5 heteroatoms. The van der Waals surface area contributed by atoms with E-state index >= 15 is 0 Å². The van der Waals surface area contributed by atoms with Crippen LogP contribution < -0.4 is 5.32 Å². The second-order valence-electron chi connectivity index (χ2n) is 8.32. The number of carbonyl (C=O) groups excluding carboxylic acids is 2. The number of anilines is 1. The number of rotatable bonds is 3. The van der Waals surface area contributed by atoms with Crippen molar-refractivity contribution in [1.29, 1.82) is 0 Å². The molecule has 1 aliphatic carbocycles. The zero-order valence-electron chi connectivity index (χ0n) is 16.8. The number of hydrogen-bond acceptors (Lipinski definition) is 2. The van der Waals surface area contributed by atoms with Gasteiger partial charge in [-0.15, -0.1) is 0 Å². The van der Waals surface area contributed by atoms with Crippen molar-refractivity contribution in [3.63, 3.8) is 0 Å². The maximum Gasteiger partial charge on any atom is 0.244 e. The lowest BCUT2D eigenvalue weighted by Gasteiger charge is -2.32. The molecule has 0 radical (unpaired) electrons. The molecule has 152 valence electrons. The highest BCUT2D eigenvalue weighted by molar-refractivity contribution is 5.97. The Hall–Kier alpha value is -2.69. The molecule has 0 bridgehead atoms. The second kappa shape index (κ2) is 8.36. The van der Waals surface area contributed by atoms with Gasteiger partial charge in [0.2, 0.25) is 11.8 Å². The third-order valence-corrected chi connectivity index (χ3v) is 6.10. The SMILES string of the molecule is Cc1ccc2c(c1)C(c1ccc(F)cc1)N(C(=O)CC1CCCCC1)CC(=O)N2. The average Bonchev–Trinajstić information content (AvgIpc) is 2.85. The number of benzene rings is 2. The van der Waals surface area contributed by atoms with Crippen molar-refractivity contribution in [3.05, 3.63) is 65.0 Å². The third-order valence-electron chi connectivity index (χ3n) is 6.10. The molecule has 4 nitrogen and oxygen atoms in total. The first-order valence-corrected chi connectivity index (χ1v) is 10.5. The topological polar surface area (TPSA) is 49.4 Å². The highest BCUT2D eigenvalue weighted by atomic mass is 19.1. The van der Waals surface area contributed by atoms with Crippen molar-refractivity contribution in [1.82, 2.24) is 4.90 Å². The smallest absolute Gasteiger partial charge is 0.244 e. The molecule has 0 saturated heterocycles. The minimum Gasteiger partial charge on any atom is -0.324 e. The quantitative estimate of drug-likeness (QED) is 0.799. The van der Waals surface area contributed by atoms with Crippen molar-refractivity contribution in [2.75, 3.05) is 11.9 Å². The van der Waals surface area contributed by atoms with Gasteiger partial charge in [-0.05, 0) is 49.4 Å². The Morgan fingerprint density at radius 1 is 1.10 bits per heavy atom. The van der Waals surface area contributed by atoms with E-state index in [9.17, 15) is 14.0 Å². The summed E-state index contributed by atoms with van der Waals surface area (Å²) in [7, 11) is 0. The van der Waals surface area contributed by atoms with Crippen LogP contribution in [0.5, 0.6) is 0 Å². The maximum atomic E-state index is 13.6. The van der Waals surface area contributed by atoms with Crippen LogP contribution >= 0.6 is 0 Å². The van der Waals surface area contributed by atoms with Crippen LogP contribution in [0.4, 0.5) is 10.1 Å². The van der Waals surface area contributed by atoms with E-state index in [0.29, 0.717) is 18.0 Å². The number of nitrogens with zero attached hydrogens (tertiary/aromatic N) is 1.